The molecule has 0 atom stereocenters. The van der Waals surface area contributed by atoms with Gasteiger partial charge in [0.25, 0.3) is 5.91 Å². The molecular formula is C21H18ClN5O. The molecule has 2 heterocycles. The smallest absolute Gasteiger partial charge is 0.255 e. The molecule has 1 N–H and O–H groups in total. The third kappa shape index (κ3) is 4.16. The van der Waals surface area contributed by atoms with Crippen molar-refractivity contribution in [1.29, 1.82) is 5.26 Å². The van der Waals surface area contributed by atoms with E-state index >= 15 is 0 Å². The first-order valence-electron chi connectivity index (χ1n) is 8.58. The first kappa shape index (κ1) is 19.5. The fourth-order valence-electron chi connectivity index (χ4n) is 2.62. The zero-order valence-electron chi connectivity index (χ0n) is 15.7. The van der Waals surface area contributed by atoms with Crippen molar-refractivity contribution in [3.8, 4) is 17.3 Å². The molecule has 28 heavy (non-hydrogen) atoms. The lowest BCUT2D eigenvalue weighted by atomic mass is 9.90. The number of carbonyl (C=O) groups excluding carboxylic acids is 1. The minimum Gasteiger partial charge on any atom is -0.322 e. The van der Waals surface area contributed by atoms with E-state index in [1.165, 1.54) is 12.4 Å². The van der Waals surface area contributed by atoms with Gasteiger partial charge < -0.3 is 5.32 Å². The molecule has 0 radical (unpaired) electrons. The van der Waals surface area contributed by atoms with Gasteiger partial charge in [0.2, 0.25) is 0 Å². The molecule has 0 saturated carbocycles. The minimum absolute atomic E-state index is 0.288. The van der Waals surface area contributed by atoms with E-state index in [9.17, 15) is 10.1 Å². The summed E-state index contributed by atoms with van der Waals surface area (Å²) in [5.41, 5.74) is 3.25. The summed E-state index contributed by atoms with van der Waals surface area (Å²) < 4.78 is 0. The van der Waals surface area contributed by atoms with Gasteiger partial charge in [0.1, 0.15) is 5.15 Å². The summed E-state index contributed by atoms with van der Waals surface area (Å²) in [6.45, 7) is 5.47. The van der Waals surface area contributed by atoms with Crippen molar-refractivity contribution in [2.45, 2.75) is 26.2 Å². The van der Waals surface area contributed by atoms with E-state index in [4.69, 9.17) is 11.6 Å². The number of hydrogen-bond donors (Lipinski definition) is 1. The van der Waals surface area contributed by atoms with E-state index in [1.807, 2.05) is 25.1 Å². The second-order valence-electron chi connectivity index (χ2n) is 6.88. The quantitative estimate of drug-likeness (QED) is 0.704. The summed E-state index contributed by atoms with van der Waals surface area (Å²) in [7, 11) is 0. The van der Waals surface area contributed by atoms with E-state index < -0.39 is 5.41 Å². The van der Waals surface area contributed by atoms with Gasteiger partial charge in [-0.2, -0.15) is 5.26 Å². The van der Waals surface area contributed by atoms with Gasteiger partial charge in [-0.25, -0.2) is 4.98 Å². The minimum atomic E-state index is -0.779. The number of nitrogens with one attached hydrogen (secondary N) is 1. The highest BCUT2D eigenvalue weighted by Gasteiger charge is 2.22. The number of benzene rings is 1. The summed E-state index contributed by atoms with van der Waals surface area (Å²) in [4.78, 5) is 25.3. The van der Waals surface area contributed by atoms with Gasteiger partial charge in [0.15, 0.2) is 0 Å². The molecule has 2 aromatic heterocycles. The number of aromatic nitrogens is 3. The third-order valence-corrected chi connectivity index (χ3v) is 4.50. The average molecular weight is 392 g/mol. The number of anilines is 1. The lowest BCUT2D eigenvalue weighted by molar-refractivity contribution is 0.102. The van der Waals surface area contributed by atoms with Crippen molar-refractivity contribution in [1.82, 2.24) is 15.0 Å². The molecule has 0 fully saturated rings. The number of halogens is 1. The predicted octanol–water partition coefficient (Wildman–Crippen LogP) is 4.55. The lowest BCUT2D eigenvalue weighted by Crippen LogP contribution is -2.18. The van der Waals surface area contributed by atoms with Crippen molar-refractivity contribution < 1.29 is 4.79 Å². The number of amides is 1. The largest absolute Gasteiger partial charge is 0.322 e. The summed E-state index contributed by atoms with van der Waals surface area (Å²) in [6.07, 6.45) is 4.63. The Kier molecular flexibility index (Phi) is 5.39. The molecule has 1 aromatic carbocycles. The molecule has 7 heteroatoms. The van der Waals surface area contributed by atoms with Crippen LogP contribution in [0.2, 0.25) is 5.15 Å². The highest BCUT2D eigenvalue weighted by molar-refractivity contribution is 6.29. The molecule has 0 spiro atoms. The SMILES string of the molecule is Cc1ccc(NC(=O)c2ccnc(C(C)(C)C#N)c2)cc1-c1cncc(Cl)n1. The summed E-state index contributed by atoms with van der Waals surface area (Å²) in [5.74, 6) is -0.288. The Morgan fingerprint density at radius 2 is 2.00 bits per heavy atom. The van der Waals surface area contributed by atoms with Crippen molar-refractivity contribution in [3.63, 3.8) is 0 Å². The van der Waals surface area contributed by atoms with Crippen LogP contribution in [-0.2, 0) is 5.41 Å². The van der Waals surface area contributed by atoms with Gasteiger partial charge >= 0.3 is 0 Å². The normalized spacial score (nSPS) is 11.0. The van der Waals surface area contributed by atoms with Gasteiger partial charge in [-0.05, 0) is 50.6 Å². The Hall–Kier alpha value is -3.30. The van der Waals surface area contributed by atoms with E-state index in [-0.39, 0.29) is 5.91 Å². The third-order valence-electron chi connectivity index (χ3n) is 4.32. The summed E-state index contributed by atoms with van der Waals surface area (Å²) in [5, 5.41) is 12.5. The van der Waals surface area contributed by atoms with Crippen molar-refractivity contribution in [2.75, 3.05) is 5.32 Å². The predicted molar refractivity (Wildman–Crippen MR) is 108 cm³/mol. The van der Waals surface area contributed by atoms with Crippen molar-refractivity contribution in [2.24, 2.45) is 0 Å². The van der Waals surface area contributed by atoms with Gasteiger partial charge in [0, 0.05) is 23.0 Å². The number of aryl methyl sites for hydroxylation is 1. The molecular weight excluding hydrogens is 374 g/mol. The van der Waals surface area contributed by atoms with E-state index in [0.29, 0.717) is 27.8 Å². The number of carbonyl (C=O) groups is 1. The molecule has 3 rings (SSSR count). The van der Waals surface area contributed by atoms with E-state index in [2.05, 4.69) is 26.3 Å². The summed E-state index contributed by atoms with van der Waals surface area (Å²) in [6, 6.07) is 11.0. The topological polar surface area (TPSA) is 91.6 Å². The Labute approximate surface area is 168 Å². The van der Waals surface area contributed by atoms with Crippen LogP contribution in [0.4, 0.5) is 5.69 Å². The van der Waals surface area contributed by atoms with E-state index in [0.717, 1.165) is 11.1 Å². The molecule has 6 nitrogen and oxygen atoms in total. The van der Waals surface area contributed by atoms with Crippen LogP contribution in [-0.4, -0.2) is 20.9 Å². The molecule has 0 saturated heterocycles. The number of pyridine rings is 1. The maximum Gasteiger partial charge on any atom is 0.255 e. The average Bonchev–Trinajstić information content (AvgIpc) is 2.69. The summed E-state index contributed by atoms with van der Waals surface area (Å²) >= 11 is 5.94. The number of nitriles is 1. The molecule has 0 aliphatic rings. The first-order chi connectivity index (χ1) is 13.3. The second-order valence-corrected chi connectivity index (χ2v) is 7.26. The van der Waals surface area contributed by atoms with Crippen LogP contribution in [0.25, 0.3) is 11.3 Å². The Morgan fingerprint density at radius 3 is 2.71 bits per heavy atom. The molecule has 140 valence electrons. The van der Waals surface area contributed by atoms with Crippen LogP contribution in [0, 0.1) is 18.3 Å². The fourth-order valence-corrected chi connectivity index (χ4v) is 2.77. The first-order valence-corrected chi connectivity index (χ1v) is 8.95. The molecule has 3 aromatic rings. The number of hydrogen-bond acceptors (Lipinski definition) is 5. The monoisotopic (exact) mass is 391 g/mol. The fraction of sp³-hybridized carbons (Fsp3) is 0.190. The standard InChI is InChI=1S/C21H18ClN5O/c1-13-4-5-15(9-16(13)17-10-24-11-19(22)27-17)26-20(28)14-6-7-25-18(8-14)21(2,3)12-23/h4-11H,1-3H3,(H,26,28). The lowest BCUT2D eigenvalue weighted by Gasteiger charge is -2.15. The van der Waals surface area contributed by atoms with Crippen LogP contribution >= 0.6 is 11.6 Å². The van der Waals surface area contributed by atoms with Gasteiger partial charge in [-0.1, -0.05) is 17.7 Å². The highest BCUT2D eigenvalue weighted by atomic mass is 35.5. The highest BCUT2D eigenvalue weighted by Crippen LogP contribution is 2.26. The molecule has 0 aliphatic heterocycles. The Bertz CT molecular complexity index is 1090. The van der Waals surface area contributed by atoms with Gasteiger partial charge in [-0.3, -0.25) is 14.8 Å². The second kappa shape index (κ2) is 7.75. The molecule has 0 aliphatic carbocycles. The zero-order valence-corrected chi connectivity index (χ0v) is 16.4. The number of rotatable bonds is 4. The molecule has 1 amide bonds. The Balaban J connectivity index is 1.89. The zero-order chi connectivity index (χ0) is 20.3. The molecule has 0 unspecified atom stereocenters. The van der Waals surface area contributed by atoms with Gasteiger partial charge in [-0.15, -0.1) is 0 Å². The van der Waals surface area contributed by atoms with Crippen LogP contribution in [0.15, 0.2) is 48.9 Å². The van der Waals surface area contributed by atoms with Crippen molar-refractivity contribution >= 4 is 23.2 Å². The van der Waals surface area contributed by atoms with Crippen LogP contribution in [0.1, 0.15) is 35.5 Å². The maximum absolute atomic E-state index is 12.7. The van der Waals surface area contributed by atoms with Crippen LogP contribution in [0.3, 0.4) is 0 Å². The van der Waals surface area contributed by atoms with Crippen LogP contribution < -0.4 is 5.32 Å². The maximum atomic E-state index is 12.7. The van der Waals surface area contributed by atoms with E-state index in [1.54, 1.807) is 32.2 Å². The van der Waals surface area contributed by atoms with Crippen molar-refractivity contribution in [3.05, 3.63) is 70.9 Å². The van der Waals surface area contributed by atoms with Crippen LogP contribution in [0.5, 0.6) is 0 Å². The number of nitrogens with zero attached hydrogens (tertiary/aromatic N) is 4. The van der Waals surface area contributed by atoms with Gasteiger partial charge in [0.05, 0.1) is 35.3 Å². The Morgan fingerprint density at radius 1 is 1.21 bits per heavy atom. The molecule has 0 bridgehead atoms.